The van der Waals surface area contributed by atoms with Crippen LogP contribution in [0.15, 0.2) is 0 Å². The average molecular weight is 426 g/mol. The Morgan fingerprint density at radius 1 is 0.767 bits per heavy atom. The number of methoxy groups -OCH3 is 1. The minimum absolute atomic E-state index is 0.144. The van der Waals surface area contributed by atoms with E-state index in [0.29, 0.717) is 25.2 Å². The van der Waals surface area contributed by atoms with Crippen LogP contribution in [-0.2, 0) is 28.1 Å². The standard InChI is InChI=1S/C22H44B2O6/c1-16(14-26-15-25-11)12-17(2)18(24-29-21(7,8)22(9,10)30-24)13-23-27-19(3,4)20(5,6)28-23/h16-18H,12-15H2,1-11H3/t16-,17+,18-/m0/s1. The lowest BCUT2D eigenvalue weighted by atomic mass is 9.55. The number of hydrogen-bond acceptors (Lipinski definition) is 6. The maximum Gasteiger partial charge on any atom is 0.460 e. The van der Waals surface area contributed by atoms with Gasteiger partial charge in [-0.2, -0.15) is 0 Å². The van der Waals surface area contributed by atoms with Crippen molar-refractivity contribution in [1.82, 2.24) is 0 Å². The quantitative estimate of drug-likeness (QED) is 0.284. The van der Waals surface area contributed by atoms with E-state index in [4.69, 9.17) is 28.1 Å². The van der Waals surface area contributed by atoms with Crippen molar-refractivity contribution < 1.29 is 28.1 Å². The zero-order valence-corrected chi connectivity index (χ0v) is 21.2. The normalized spacial score (nSPS) is 27.3. The lowest BCUT2D eigenvalue weighted by molar-refractivity contribution is -0.0436. The molecule has 0 amide bonds. The first-order valence-corrected chi connectivity index (χ1v) is 11.4. The first kappa shape index (κ1) is 26.1. The van der Waals surface area contributed by atoms with E-state index in [1.165, 1.54) is 0 Å². The van der Waals surface area contributed by atoms with Crippen molar-refractivity contribution in [2.45, 2.75) is 110 Å². The molecule has 0 bridgehead atoms. The van der Waals surface area contributed by atoms with Crippen LogP contribution in [0.5, 0.6) is 0 Å². The number of ether oxygens (including phenoxy) is 2. The fraction of sp³-hybridized carbons (Fsp3) is 1.00. The summed E-state index contributed by atoms with van der Waals surface area (Å²) < 4.78 is 36.1. The summed E-state index contributed by atoms with van der Waals surface area (Å²) in [4.78, 5) is 0. The van der Waals surface area contributed by atoms with Crippen LogP contribution in [0, 0.1) is 11.8 Å². The second-order valence-electron chi connectivity index (χ2n) is 11.3. The summed E-state index contributed by atoms with van der Waals surface area (Å²) in [7, 11) is 1.07. The summed E-state index contributed by atoms with van der Waals surface area (Å²) in [6.07, 6.45) is 1.73. The van der Waals surface area contributed by atoms with Crippen molar-refractivity contribution >= 4 is 14.2 Å². The first-order valence-electron chi connectivity index (χ1n) is 11.4. The van der Waals surface area contributed by atoms with Crippen molar-refractivity contribution in [3.63, 3.8) is 0 Å². The molecule has 8 heteroatoms. The van der Waals surface area contributed by atoms with Gasteiger partial charge in [0.25, 0.3) is 0 Å². The average Bonchev–Trinajstić information content (AvgIpc) is 2.91. The van der Waals surface area contributed by atoms with Crippen LogP contribution >= 0.6 is 0 Å². The van der Waals surface area contributed by atoms with Crippen molar-refractivity contribution in [2.24, 2.45) is 11.8 Å². The highest BCUT2D eigenvalue weighted by atomic mass is 16.7. The molecule has 0 N–H and O–H groups in total. The molecule has 0 radical (unpaired) electrons. The molecular weight excluding hydrogens is 382 g/mol. The van der Waals surface area contributed by atoms with Crippen LogP contribution in [-0.4, -0.2) is 57.2 Å². The van der Waals surface area contributed by atoms with Gasteiger partial charge in [0.2, 0.25) is 0 Å². The van der Waals surface area contributed by atoms with Gasteiger partial charge in [0, 0.05) is 7.11 Å². The molecule has 2 aliphatic rings. The molecule has 0 unspecified atom stereocenters. The van der Waals surface area contributed by atoms with Gasteiger partial charge in [-0.05, 0) is 85.8 Å². The smallest absolute Gasteiger partial charge is 0.403 e. The molecule has 0 aromatic heterocycles. The molecule has 0 aromatic rings. The zero-order valence-electron chi connectivity index (χ0n) is 21.2. The predicted octanol–water partition coefficient (Wildman–Crippen LogP) is 4.82. The van der Waals surface area contributed by atoms with Gasteiger partial charge in [0.15, 0.2) is 0 Å². The molecular formula is C22H44B2O6. The second kappa shape index (κ2) is 9.40. The molecule has 30 heavy (non-hydrogen) atoms. The fourth-order valence-corrected chi connectivity index (χ4v) is 4.17. The molecule has 2 rings (SSSR count). The molecule has 2 fully saturated rings. The van der Waals surface area contributed by atoms with Crippen molar-refractivity contribution in [1.29, 1.82) is 0 Å². The van der Waals surface area contributed by atoms with Crippen LogP contribution in [0.4, 0.5) is 0 Å². The van der Waals surface area contributed by atoms with Gasteiger partial charge in [-0.1, -0.05) is 13.8 Å². The third-order valence-corrected chi connectivity index (χ3v) is 7.50. The highest BCUT2D eigenvalue weighted by Crippen LogP contribution is 2.47. The molecule has 0 aliphatic carbocycles. The summed E-state index contributed by atoms with van der Waals surface area (Å²) in [6, 6.07) is 0. The van der Waals surface area contributed by atoms with Gasteiger partial charge in [0.05, 0.1) is 29.0 Å². The lowest BCUT2D eigenvalue weighted by Gasteiger charge is -2.32. The Labute approximate surface area is 185 Å². The minimum atomic E-state index is -0.362. The van der Waals surface area contributed by atoms with E-state index in [1.807, 2.05) is 0 Å². The summed E-state index contributed by atoms with van der Waals surface area (Å²) >= 11 is 0. The van der Waals surface area contributed by atoms with Crippen LogP contribution in [0.2, 0.25) is 12.1 Å². The molecule has 2 heterocycles. The first-order chi connectivity index (χ1) is 13.6. The van der Waals surface area contributed by atoms with Crippen LogP contribution in [0.25, 0.3) is 0 Å². The third-order valence-electron chi connectivity index (χ3n) is 7.50. The number of hydrogen-bond donors (Lipinski definition) is 0. The van der Waals surface area contributed by atoms with Gasteiger partial charge in [-0.15, -0.1) is 0 Å². The largest absolute Gasteiger partial charge is 0.460 e. The van der Waals surface area contributed by atoms with Gasteiger partial charge in [-0.25, -0.2) is 0 Å². The Bertz CT molecular complexity index is 534. The van der Waals surface area contributed by atoms with Crippen LogP contribution in [0.1, 0.15) is 75.7 Å². The summed E-state index contributed by atoms with van der Waals surface area (Å²) in [5.74, 6) is 0.892. The molecule has 2 aliphatic heterocycles. The highest BCUT2D eigenvalue weighted by Gasteiger charge is 2.57. The van der Waals surface area contributed by atoms with E-state index >= 15 is 0 Å². The topological polar surface area (TPSA) is 55.4 Å². The number of rotatable bonds is 10. The second-order valence-corrected chi connectivity index (χ2v) is 11.3. The Morgan fingerprint density at radius 3 is 1.70 bits per heavy atom. The van der Waals surface area contributed by atoms with Crippen molar-refractivity contribution in [3.8, 4) is 0 Å². The van der Waals surface area contributed by atoms with Crippen LogP contribution < -0.4 is 0 Å². The van der Waals surface area contributed by atoms with Crippen molar-refractivity contribution in [3.05, 3.63) is 0 Å². The maximum atomic E-state index is 6.46. The van der Waals surface area contributed by atoms with Crippen LogP contribution in [0.3, 0.4) is 0 Å². The van der Waals surface area contributed by atoms with E-state index in [0.717, 1.165) is 12.7 Å². The maximum absolute atomic E-state index is 6.46. The van der Waals surface area contributed by atoms with Gasteiger partial charge >= 0.3 is 14.2 Å². The predicted molar refractivity (Wildman–Crippen MR) is 121 cm³/mol. The fourth-order valence-electron chi connectivity index (χ4n) is 4.17. The molecule has 0 spiro atoms. The summed E-state index contributed by atoms with van der Waals surface area (Å²) in [6.45, 7) is 22.3. The van der Waals surface area contributed by atoms with E-state index in [-0.39, 0.29) is 42.5 Å². The zero-order chi connectivity index (χ0) is 23.0. The Kier molecular flexibility index (Phi) is 8.19. The third kappa shape index (κ3) is 5.81. The molecule has 3 atom stereocenters. The molecule has 0 aromatic carbocycles. The molecule has 174 valence electrons. The Morgan fingerprint density at radius 2 is 1.23 bits per heavy atom. The minimum Gasteiger partial charge on any atom is -0.403 e. The molecule has 6 nitrogen and oxygen atoms in total. The monoisotopic (exact) mass is 426 g/mol. The van der Waals surface area contributed by atoms with Gasteiger partial charge < -0.3 is 28.1 Å². The van der Waals surface area contributed by atoms with E-state index < -0.39 is 0 Å². The van der Waals surface area contributed by atoms with Crippen molar-refractivity contribution in [2.75, 3.05) is 20.5 Å². The lowest BCUT2D eigenvalue weighted by Crippen LogP contribution is -2.41. The summed E-state index contributed by atoms with van der Waals surface area (Å²) in [5, 5.41) is 0. The van der Waals surface area contributed by atoms with Gasteiger partial charge in [-0.3, -0.25) is 0 Å². The molecule has 2 saturated heterocycles. The van der Waals surface area contributed by atoms with E-state index in [1.54, 1.807) is 7.11 Å². The SMILES string of the molecule is COCOC[C@@H](C)C[C@@H](C)[C@H](CB1OC(C)(C)C(C)(C)O1)B1OC(C)(C)C(C)(C)O1. The Balaban J connectivity index is 2.13. The van der Waals surface area contributed by atoms with E-state index in [2.05, 4.69) is 69.2 Å². The Hall–Kier alpha value is -0.110. The summed E-state index contributed by atoms with van der Waals surface area (Å²) in [5.41, 5.74) is -1.41. The highest BCUT2D eigenvalue weighted by molar-refractivity contribution is 6.53. The molecule has 0 saturated carbocycles. The van der Waals surface area contributed by atoms with Gasteiger partial charge in [0.1, 0.15) is 6.79 Å². The van der Waals surface area contributed by atoms with E-state index in [9.17, 15) is 0 Å².